The van der Waals surface area contributed by atoms with Crippen LogP contribution in [-0.2, 0) is 6.54 Å². The lowest BCUT2D eigenvalue weighted by molar-refractivity contribution is 0.107. The van der Waals surface area contributed by atoms with Crippen molar-refractivity contribution in [2.24, 2.45) is 0 Å². The zero-order valence-electron chi connectivity index (χ0n) is 24.1. The highest BCUT2D eigenvalue weighted by atomic mass is 19.1. The van der Waals surface area contributed by atoms with Crippen LogP contribution in [0.25, 0.3) is 32.9 Å². The third-order valence-electron chi connectivity index (χ3n) is 8.52. The van der Waals surface area contributed by atoms with Gasteiger partial charge in [-0.2, -0.15) is 9.97 Å². The van der Waals surface area contributed by atoms with E-state index in [9.17, 15) is 13.9 Å². The summed E-state index contributed by atoms with van der Waals surface area (Å²) in [5.74, 6) is 1.07. The van der Waals surface area contributed by atoms with Gasteiger partial charge in [0, 0.05) is 23.9 Å². The Morgan fingerprint density at radius 3 is 2.87 bits per heavy atom. The van der Waals surface area contributed by atoms with Crippen molar-refractivity contribution in [3.05, 3.63) is 59.8 Å². The Labute approximate surface area is 255 Å². The van der Waals surface area contributed by atoms with Gasteiger partial charge in [0.25, 0.3) is 0 Å². The molecule has 2 atom stereocenters. The molecule has 0 spiro atoms. The summed E-state index contributed by atoms with van der Waals surface area (Å²) >= 11 is 0. The molecule has 45 heavy (non-hydrogen) atoms. The lowest BCUT2D eigenvalue weighted by Gasteiger charge is -2.30. The first kappa shape index (κ1) is 28.7. The Morgan fingerprint density at radius 2 is 2.09 bits per heavy atom. The summed E-state index contributed by atoms with van der Waals surface area (Å²) in [6.45, 7) is 1.34. The number of halogens is 3. The van der Waals surface area contributed by atoms with E-state index in [0.29, 0.717) is 24.1 Å². The number of nitrogens with zero attached hydrogens (tertiary/aromatic N) is 5. The van der Waals surface area contributed by atoms with Crippen molar-refractivity contribution < 1.29 is 32.2 Å². The summed E-state index contributed by atoms with van der Waals surface area (Å²) in [6.07, 6.45) is 9.47. The molecular formula is C32H27F3N6O4. The van der Waals surface area contributed by atoms with Crippen LogP contribution in [0, 0.1) is 24.0 Å². The lowest BCUT2D eigenvalue weighted by Crippen LogP contribution is -2.43. The summed E-state index contributed by atoms with van der Waals surface area (Å²) in [7, 11) is 1.35. The van der Waals surface area contributed by atoms with Gasteiger partial charge >= 0.3 is 6.01 Å². The predicted octanol–water partition coefficient (Wildman–Crippen LogP) is 5.37. The Hall–Kier alpha value is -5.09. The van der Waals surface area contributed by atoms with Gasteiger partial charge in [0.15, 0.2) is 12.2 Å². The monoisotopic (exact) mass is 616 g/mol. The number of benzene rings is 2. The maximum absolute atomic E-state index is 16.7. The van der Waals surface area contributed by atoms with Gasteiger partial charge in [0.05, 0.1) is 31.0 Å². The number of pyridine rings is 1. The van der Waals surface area contributed by atoms with Crippen molar-refractivity contribution in [3.8, 4) is 41.2 Å². The Morgan fingerprint density at radius 1 is 1.22 bits per heavy atom. The number of phenolic OH excluding ortho intramolecular Hbond substituents is 1. The Kier molecular flexibility index (Phi) is 7.08. The van der Waals surface area contributed by atoms with E-state index in [4.69, 9.17) is 20.3 Å². The van der Waals surface area contributed by atoms with Gasteiger partial charge < -0.3 is 24.3 Å². The predicted molar refractivity (Wildman–Crippen MR) is 159 cm³/mol. The van der Waals surface area contributed by atoms with Crippen molar-refractivity contribution in [2.75, 3.05) is 32.1 Å². The number of hydrogen-bond acceptors (Lipinski definition) is 10. The average Bonchev–Trinajstić information content (AvgIpc) is 3.76. The molecule has 2 aromatic carbocycles. The molecule has 2 fully saturated rings. The summed E-state index contributed by atoms with van der Waals surface area (Å²) in [4.78, 5) is 19.4. The minimum Gasteiger partial charge on any atom is -0.508 e. The quantitative estimate of drug-likeness (QED) is 0.220. The van der Waals surface area contributed by atoms with Gasteiger partial charge in [-0.3, -0.25) is 4.90 Å². The molecule has 10 nitrogen and oxygen atoms in total. The van der Waals surface area contributed by atoms with Gasteiger partial charge in [-0.25, -0.2) is 23.1 Å². The van der Waals surface area contributed by atoms with E-state index < -0.39 is 23.3 Å². The normalized spacial score (nSPS) is 19.6. The van der Waals surface area contributed by atoms with E-state index in [0.717, 1.165) is 19.4 Å². The standard InChI is InChI=1S/C32H27F3N6O4/c1-3-21-23(34)6-5-17-9-19(42)10-22(24(17)21)27-26(35)28-25(30(38-27)43-2)29(37-13-20-12-36-16-45-20)40-31(39-28)44-15-32-7-4-8-41(32)14-18(33)11-32/h1,5-6,9-10,12,16,18,42H,4,7-8,11,13-15H2,2H3,(H,37,39,40)/t18-,32+/m1/s1. The fourth-order valence-corrected chi connectivity index (χ4v) is 6.54. The number of rotatable bonds is 8. The first-order valence-corrected chi connectivity index (χ1v) is 14.3. The third kappa shape index (κ3) is 4.91. The van der Waals surface area contributed by atoms with Crippen LogP contribution in [0.1, 0.15) is 30.6 Å². The number of ether oxygens (including phenoxy) is 2. The van der Waals surface area contributed by atoms with Gasteiger partial charge in [-0.15, -0.1) is 6.42 Å². The van der Waals surface area contributed by atoms with Crippen LogP contribution in [0.3, 0.4) is 0 Å². The molecule has 2 aliphatic heterocycles. The number of oxazole rings is 1. The molecule has 2 saturated heterocycles. The van der Waals surface area contributed by atoms with Crippen LogP contribution >= 0.6 is 0 Å². The molecule has 5 heterocycles. The summed E-state index contributed by atoms with van der Waals surface area (Å²) < 4.78 is 63.0. The van der Waals surface area contributed by atoms with E-state index in [1.165, 1.54) is 44.0 Å². The highest BCUT2D eigenvalue weighted by Crippen LogP contribution is 2.43. The van der Waals surface area contributed by atoms with Crippen LogP contribution in [0.2, 0.25) is 0 Å². The molecule has 230 valence electrons. The second-order valence-electron chi connectivity index (χ2n) is 11.2. The van der Waals surface area contributed by atoms with E-state index in [1.807, 2.05) is 0 Å². The molecule has 0 radical (unpaired) electrons. The topological polar surface area (TPSA) is 119 Å². The Balaban J connectivity index is 1.40. The number of nitrogens with one attached hydrogen (secondary N) is 1. The van der Waals surface area contributed by atoms with Crippen LogP contribution in [-0.4, -0.2) is 68.5 Å². The van der Waals surface area contributed by atoms with Crippen LogP contribution in [0.15, 0.2) is 41.3 Å². The fraction of sp³-hybridized carbons (Fsp3) is 0.312. The van der Waals surface area contributed by atoms with Crippen molar-refractivity contribution in [3.63, 3.8) is 0 Å². The number of aromatic nitrogens is 4. The molecule has 0 saturated carbocycles. The van der Waals surface area contributed by atoms with Crippen LogP contribution in [0.4, 0.5) is 19.0 Å². The van der Waals surface area contributed by atoms with Crippen LogP contribution in [0.5, 0.6) is 17.6 Å². The largest absolute Gasteiger partial charge is 0.508 e. The van der Waals surface area contributed by atoms with Gasteiger partial charge in [-0.05, 0) is 43.0 Å². The highest BCUT2D eigenvalue weighted by molar-refractivity contribution is 6.04. The SMILES string of the molecule is C#Cc1c(F)ccc2cc(O)cc(-c3nc(OC)c4c(NCc5cnco5)nc(OC[C@@]56CCCN5C[C@H](F)C6)nc4c3F)c12. The van der Waals surface area contributed by atoms with E-state index in [1.54, 1.807) is 0 Å². The van der Waals surface area contributed by atoms with Crippen molar-refractivity contribution in [2.45, 2.75) is 37.5 Å². The average molecular weight is 617 g/mol. The van der Waals surface area contributed by atoms with Gasteiger partial charge in [0.2, 0.25) is 5.88 Å². The molecule has 13 heteroatoms. The number of methoxy groups -OCH3 is 1. The maximum atomic E-state index is 16.7. The number of aromatic hydroxyl groups is 1. The lowest BCUT2D eigenvalue weighted by atomic mass is 9.95. The van der Waals surface area contributed by atoms with Gasteiger partial charge in [-0.1, -0.05) is 12.0 Å². The number of hydrogen-bond donors (Lipinski definition) is 2. The molecule has 0 bridgehead atoms. The highest BCUT2D eigenvalue weighted by Gasteiger charge is 2.49. The first-order chi connectivity index (χ1) is 21.8. The zero-order valence-corrected chi connectivity index (χ0v) is 24.1. The number of alkyl halides is 1. The van der Waals surface area contributed by atoms with E-state index in [-0.39, 0.29) is 69.7 Å². The fourth-order valence-electron chi connectivity index (χ4n) is 6.54. The molecule has 7 rings (SSSR count). The van der Waals surface area contributed by atoms with Crippen molar-refractivity contribution in [1.29, 1.82) is 0 Å². The van der Waals surface area contributed by atoms with E-state index >= 15 is 4.39 Å². The second-order valence-corrected chi connectivity index (χ2v) is 11.2. The minimum atomic E-state index is -0.962. The molecule has 2 N–H and O–H groups in total. The number of terminal acetylenes is 1. The Bertz CT molecular complexity index is 1980. The molecule has 5 aromatic rings. The molecule has 3 aromatic heterocycles. The van der Waals surface area contributed by atoms with Crippen LogP contribution < -0.4 is 14.8 Å². The zero-order chi connectivity index (χ0) is 31.3. The molecule has 0 amide bonds. The van der Waals surface area contributed by atoms with E-state index in [2.05, 4.69) is 36.1 Å². The molecular weight excluding hydrogens is 589 g/mol. The number of phenols is 1. The molecule has 2 aliphatic rings. The maximum Gasteiger partial charge on any atom is 0.319 e. The summed E-state index contributed by atoms with van der Waals surface area (Å²) in [5, 5.41) is 14.3. The first-order valence-electron chi connectivity index (χ1n) is 14.3. The number of anilines is 1. The summed E-state index contributed by atoms with van der Waals surface area (Å²) in [5.41, 5.74) is -1.08. The minimum absolute atomic E-state index is 0.0350. The third-order valence-corrected chi connectivity index (χ3v) is 8.52. The van der Waals surface area contributed by atoms with Gasteiger partial charge in [0.1, 0.15) is 52.5 Å². The van der Waals surface area contributed by atoms with Crippen molar-refractivity contribution in [1.82, 2.24) is 24.8 Å². The summed E-state index contributed by atoms with van der Waals surface area (Å²) in [6, 6.07) is 5.10. The van der Waals surface area contributed by atoms with Crippen molar-refractivity contribution >= 4 is 27.5 Å². The molecule has 0 unspecified atom stereocenters. The number of fused-ring (bicyclic) bond motifs is 3. The smallest absolute Gasteiger partial charge is 0.319 e. The molecule has 0 aliphatic carbocycles. The second kappa shape index (κ2) is 11.1.